The summed E-state index contributed by atoms with van der Waals surface area (Å²) in [5.74, 6) is 6.85. The van der Waals surface area contributed by atoms with Crippen molar-refractivity contribution in [3.05, 3.63) is 12.7 Å². The van der Waals surface area contributed by atoms with Gasteiger partial charge in [0.15, 0.2) is 0 Å². The van der Waals surface area contributed by atoms with E-state index >= 15 is 0 Å². The van der Waals surface area contributed by atoms with Crippen molar-refractivity contribution in [1.82, 2.24) is 0 Å². The lowest BCUT2D eigenvalue weighted by atomic mass is 9.69. The molecule has 2 nitrogen and oxygen atoms in total. The minimum Gasteiger partial charge on any atom is -0.400 e. The van der Waals surface area contributed by atoms with Crippen molar-refractivity contribution in [2.45, 2.75) is 293 Å². The topological polar surface area (TPSA) is 40.5 Å². The van der Waals surface area contributed by atoms with Crippen molar-refractivity contribution in [3.8, 4) is 0 Å². The van der Waals surface area contributed by atoms with Crippen LogP contribution in [-0.2, 0) is 0 Å². The lowest BCUT2D eigenvalue weighted by Crippen LogP contribution is -2.28. The Morgan fingerprint density at radius 3 is 0.984 bits per heavy atom. The van der Waals surface area contributed by atoms with Gasteiger partial charge in [0.2, 0.25) is 0 Å². The van der Waals surface area contributed by atoms with Gasteiger partial charge in [0.25, 0.3) is 0 Å². The highest BCUT2D eigenvalue weighted by molar-refractivity contribution is 4.81. The Morgan fingerprint density at radius 2 is 0.951 bits per heavy atom. The molecule has 0 heterocycles. The molecule has 0 aliphatic heterocycles. The molecular formula is C56H121F3O2. The predicted octanol–water partition coefficient (Wildman–Crippen LogP) is 20.5. The maximum Gasteiger partial charge on any atom is 0.393 e. The molecule has 5 rings (SSSR count). The third-order valence-corrected chi connectivity index (χ3v) is 11.5. The molecule has 61 heavy (non-hydrogen) atoms. The highest BCUT2D eigenvalue weighted by Gasteiger charge is 2.43. The average molecular weight is 884 g/mol. The SMILES string of the molecule is C1CCC1.C=CC.CC(C)(C)C(F)(F)F.CC(C)C(C)C.CC(C)C1CC1.CC(C)O.CC1CCCC1.CCC(C)C.CCC1(C)CCC1.CCCC.CCCC1CC1.CO. The fraction of sp³-hybridized carbons (Fsp3) is 0.964. The second-order valence-electron chi connectivity index (χ2n) is 21.2. The van der Waals surface area contributed by atoms with E-state index in [0.717, 1.165) is 74.7 Å². The summed E-state index contributed by atoms with van der Waals surface area (Å²) in [5.41, 5.74) is -0.799. The van der Waals surface area contributed by atoms with E-state index in [9.17, 15) is 13.2 Å². The lowest BCUT2D eigenvalue weighted by molar-refractivity contribution is -0.204. The molecule has 5 aliphatic carbocycles. The van der Waals surface area contributed by atoms with Gasteiger partial charge in [-0.25, -0.2) is 0 Å². The average Bonchev–Trinajstić information content (AvgIpc) is 4.08. The van der Waals surface area contributed by atoms with E-state index in [2.05, 4.69) is 110 Å². The summed E-state index contributed by atoms with van der Waals surface area (Å²) in [6.45, 7) is 46.0. The van der Waals surface area contributed by atoms with Crippen molar-refractivity contribution in [2.24, 2.45) is 52.3 Å². The van der Waals surface area contributed by atoms with Crippen LogP contribution in [0, 0.1) is 52.3 Å². The standard InChI is InChI=1S/C7H14.3C6H12.C6H14.C5H9F3.C5H12.C4H8.C4H10.C3H8O.C3H6.CH4O/c1-3-7(2)5-4-6-7;1-5(2)6-3-4-6;1-6-4-2-3-5-6;1-2-3-6-4-5-6;1-5(2)6(3)4;1-4(2,3)5(6,7)8;1-4-5(2)3;1-2-4-3-1;1-3-4-2;1-3(2)4;1-3-2;1-2/h3-6H2,1-2H3;5-6H,3-4H2,1-2H3;2*6H,2-5H2,1H3;5-6H,1-4H3;1-3H3;5H,4H2,1-3H3;1-4H2;3-4H2,1-2H3;3-4H,1-2H3;3H,1H2,2H3;2H,1H3. The summed E-state index contributed by atoms with van der Waals surface area (Å²) in [6.07, 6.45) is 28.1. The van der Waals surface area contributed by atoms with E-state index in [1.165, 1.54) is 135 Å². The van der Waals surface area contributed by atoms with Crippen LogP contribution in [0.1, 0.15) is 280 Å². The summed E-state index contributed by atoms with van der Waals surface area (Å²) in [4.78, 5) is 0. The summed E-state index contributed by atoms with van der Waals surface area (Å²) < 4.78 is 34.7. The number of halogens is 3. The number of unbranched alkanes of at least 4 members (excludes halogenated alkanes) is 1. The van der Waals surface area contributed by atoms with Crippen LogP contribution < -0.4 is 0 Å². The van der Waals surface area contributed by atoms with Crippen LogP contribution in [0.5, 0.6) is 0 Å². The smallest absolute Gasteiger partial charge is 0.393 e. The Bertz CT molecular complexity index is 732. The van der Waals surface area contributed by atoms with Gasteiger partial charge in [0.05, 0.1) is 5.41 Å². The molecule has 5 fully saturated rings. The van der Waals surface area contributed by atoms with Crippen LogP contribution >= 0.6 is 0 Å². The Hall–Kier alpha value is -0.550. The van der Waals surface area contributed by atoms with Crippen molar-refractivity contribution >= 4 is 0 Å². The van der Waals surface area contributed by atoms with Crippen molar-refractivity contribution < 1.29 is 23.4 Å². The van der Waals surface area contributed by atoms with Crippen LogP contribution in [0.4, 0.5) is 13.2 Å². The van der Waals surface area contributed by atoms with Gasteiger partial charge >= 0.3 is 6.18 Å². The first-order valence-electron chi connectivity index (χ1n) is 25.9. The van der Waals surface area contributed by atoms with Crippen molar-refractivity contribution in [3.63, 3.8) is 0 Å². The number of rotatable bonds is 7. The molecule has 0 aromatic heterocycles. The van der Waals surface area contributed by atoms with E-state index in [-0.39, 0.29) is 6.10 Å². The molecule has 378 valence electrons. The molecule has 0 spiro atoms. The summed E-state index contributed by atoms with van der Waals surface area (Å²) in [5, 5.41) is 15.1. The maximum absolute atomic E-state index is 11.6. The quantitative estimate of drug-likeness (QED) is 0.250. The van der Waals surface area contributed by atoms with Crippen LogP contribution in [0.25, 0.3) is 0 Å². The first kappa shape index (κ1) is 74.8. The minimum absolute atomic E-state index is 0.167. The number of aliphatic hydroxyl groups is 2. The molecule has 0 atom stereocenters. The third-order valence-electron chi connectivity index (χ3n) is 11.5. The number of allylic oxidation sites excluding steroid dienone is 1. The summed E-state index contributed by atoms with van der Waals surface area (Å²) in [6, 6.07) is 0. The van der Waals surface area contributed by atoms with E-state index < -0.39 is 11.6 Å². The highest BCUT2D eigenvalue weighted by atomic mass is 19.4. The van der Waals surface area contributed by atoms with E-state index in [0.29, 0.717) is 0 Å². The van der Waals surface area contributed by atoms with Crippen molar-refractivity contribution in [1.29, 1.82) is 0 Å². The molecule has 2 N–H and O–H groups in total. The highest BCUT2D eigenvalue weighted by Crippen LogP contribution is 2.42. The predicted molar refractivity (Wildman–Crippen MR) is 276 cm³/mol. The van der Waals surface area contributed by atoms with Gasteiger partial charge in [0, 0.05) is 13.2 Å². The van der Waals surface area contributed by atoms with Crippen LogP contribution in [0.15, 0.2) is 12.7 Å². The zero-order valence-corrected chi connectivity index (χ0v) is 46.3. The Morgan fingerprint density at radius 1 is 0.639 bits per heavy atom. The van der Waals surface area contributed by atoms with E-state index in [1.54, 1.807) is 19.9 Å². The van der Waals surface area contributed by atoms with Gasteiger partial charge in [0.1, 0.15) is 0 Å². The van der Waals surface area contributed by atoms with Gasteiger partial charge < -0.3 is 10.2 Å². The summed E-state index contributed by atoms with van der Waals surface area (Å²) >= 11 is 0. The molecule has 5 heteroatoms. The summed E-state index contributed by atoms with van der Waals surface area (Å²) in [7, 11) is 1.00. The number of aliphatic hydroxyl groups excluding tert-OH is 2. The van der Waals surface area contributed by atoms with E-state index in [1.807, 2.05) is 6.92 Å². The first-order valence-corrected chi connectivity index (χ1v) is 25.9. The molecule has 0 saturated heterocycles. The minimum atomic E-state index is -4.06. The van der Waals surface area contributed by atoms with Gasteiger partial charge in [-0.05, 0) is 93.3 Å². The van der Waals surface area contributed by atoms with Crippen LogP contribution in [0.2, 0.25) is 0 Å². The third kappa shape index (κ3) is 77.1. The van der Waals surface area contributed by atoms with Gasteiger partial charge in [-0.1, -0.05) is 240 Å². The second kappa shape index (κ2) is 50.4. The molecule has 0 amide bonds. The monoisotopic (exact) mass is 883 g/mol. The number of hydrogen-bond acceptors (Lipinski definition) is 2. The fourth-order valence-electron chi connectivity index (χ4n) is 4.09. The fourth-order valence-corrected chi connectivity index (χ4v) is 4.09. The normalized spacial score (nSPS) is 16.6. The molecule has 0 unspecified atom stereocenters. The second-order valence-corrected chi connectivity index (χ2v) is 21.2. The van der Waals surface area contributed by atoms with Crippen molar-refractivity contribution in [2.75, 3.05) is 7.11 Å². The Kier molecular flexibility index (Phi) is 61.8. The van der Waals surface area contributed by atoms with Crippen LogP contribution in [-0.4, -0.2) is 29.6 Å². The number of hydrogen-bond donors (Lipinski definition) is 2. The van der Waals surface area contributed by atoms with E-state index in [4.69, 9.17) is 10.2 Å². The largest absolute Gasteiger partial charge is 0.400 e. The van der Waals surface area contributed by atoms with Gasteiger partial charge in [-0.15, -0.1) is 6.58 Å². The Labute approximate surface area is 386 Å². The molecule has 5 saturated carbocycles. The number of alkyl halides is 3. The first-order chi connectivity index (χ1) is 28.1. The molecule has 0 aromatic rings. The van der Waals surface area contributed by atoms with Crippen LogP contribution in [0.3, 0.4) is 0 Å². The molecule has 5 aliphatic rings. The zero-order chi connectivity index (χ0) is 49.7. The molecule has 0 bridgehead atoms. The maximum atomic E-state index is 11.6. The molecule has 0 radical (unpaired) electrons. The molecule has 0 aromatic carbocycles. The van der Waals surface area contributed by atoms with Gasteiger partial charge in [-0.2, -0.15) is 13.2 Å². The lowest BCUT2D eigenvalue weighted by Gasteiger charge is -2.37. The zero-order valence-electron chi connectivity index (χ0n) is 46.3. The Balaban J connectivity index is -0.000000106. The van der Waals surface area contributed by atoms with Gasteiger partial charge in [-0.3, -0.25) is 0 Å². The molecular weight excluding hydrogens is 762 g/mol.